The molecule has 20 heavy (non-hydrogen) atoms. The third-order valence-electron chi connectivity index (χ3n) is 2.91. The second-order valence-electron chi connectivity index (χ2n) is 4.25. The van der Waals surface area contributed by atoms with E-state index in [0.717, 1.165) is 27.6 Å². The lowest BCUT2D eigenvalue weighted by atomic mass is 10.0. The Morgan fingerprint density at radius 2 is 1.65 bits per heavy atom. The molecule has 0 amide bonds. The van der Waals surface area contributed by atoms with Crippen molar-refractivity contribution in [2.24, 2.45) is 5.16 Å². The van der Waals surface area contributed by atoms with Crippen LogP contribution in [-0.4, -0.2) is 19.9 Å². The van der Waals surface area contributed by atoms with Crippen molar-refractivity contribution in [2.75, 3.05) is 14.2 Å². The van der Waals surface area contributed by atoms with Crippen LogP contribution in [0.2, 0.25) is 5.02 Å². The Morgan fingerprint density at radius 1 is 1.00 bits per heavy atom. The predicted octanol–water partition coefficient (Wildman–Crippen LogP) is 3.94. The minimum atomic E-state index is 0.678. The highest BCUT2D eigenvalue weighted by Crippen LogP contribution is 2.16. The molecule has 2 aromatic carbocycles. The third-order valence-corrected chi connectivity index (χ3v) is 3.16. The normalized spacial score (nSPS) is 11.2. The fourth-order valence-corrected chi connectivity index (χ4v) is 2.00. The molecule has 0 atom stereocenters. The van der Waals surface area contributed by atoms with Gasteiger partial charge in [0.1, 0.15) is 12.9 Å². The summed E-state index contributed by atoms with van der Waals surface area (Å²) < 4.78 is 5.15. The van der Waals surface area contributed by atoms with Crippen molar-refractivity contribution >= 4 is 17.3 Å². The van der Waals surface area contributed by atoms with Crippen LogP contribution in [0.15, 0.2) is 53.7 Å². The maximum Gasteiger partial charge on any atom is 0.118 e. The van der Waals surface area contributed by atoms with Gasteiger partial charge in [-0.25, -0.2) is 0 Å². The summed E-state index contributed by atoms with van der Waals surface area (Å²) in [6, 6.07) is 15.4. The van der Waals surface area contributed by atoms with E-state index in [2.05, 4.69) is 5.16 Å². The molecule has 2 rings (SSSR count). The molecule has 0 bridgehead atoms. The standard InChI is InChI=1S/C16H16ClNO2/c1-19-15-9-5-13(6-10-15)16(18-20-2)11-12-3-7-14(17)8-4-12/h3-10H,11H2,1-2H3. The molecule has 0 aliphatic heterocycles. The Labute approximate surface area is 123 Å². The van der Waals surface area contributed by atoms with Crippen LogP contribution < -0.4 is 4.74 Å². The highest BCUT2D eigenvalue weighted by atomic mass is 35.5. The van der Waals surface area contributed by atoms with Crippen molar-refractivity contribution in [3.05, 3.63) is 64.7 Å². The van der Waals surface area contributed by atoms with Gasteiger partial charge in [-0.15, -0.1) is 0 Å². The molecule has 0 spiro atoms. The van der Waals surface area contributed by atoms with E-state index in [-0.39, 0.29) is 0 Å². The first-order valence-electron chi connectivity index (χ1n) is 6.22. The Hall–Kier alpha value is -2.00. The number of ether oxygens (including phenoxy) is 1. The smallest absolute Gasteiger partial charge is 0.118 e. The van der Waals surface area contributed by atoms with Crippen LogP contribution >= 0.6 is 11.6 Å². The number of halogens is 1. The molecule has 0 fully saturated rings. The Bertz CT molecular complexity index is 576. The van der Waals surface area contributed by atoms with Gasteiger partial charge in [0, 0.05) is 11.4 Å². The van der Waals surface area contributed by atoms with Gasteiger partial charge in [-0.3, -0.25) is 0 Å². The fourth-order valence-electron chi connectivity index (χ4n) is 1.88. The Morgan fingerprint density at radius 3 is 2.20 bits per heavy atom. The van der Waals surface area contributed by atoms with Crippen LogP contribution in [0, 0.1) is 0 Å². The topological polar surface area (TPSA) is 30.8 Å². The number of oxime groups is 1. The van der Waals surface area contributed by atoms with E-state index in [1.807, 2.05) is 48.5 Å². The van der Waals surface area contributed by atoms with Crippen molar-refractivity contribution in [1.82, 2.24) is 0 Å². The minimum Gasteiger partial charge on any atom is -0.497 e. The zero-order valence-corrected chi connectivity index (χ0v) is 12.2. The maximum atomic E-state index is 5.89. The largest absolute Gasteiger partial charge is 0.497 e. The maximum absolute atomic E-state index is 5.89. The van der Waals surface area contributed by atoms with E-state index in [9.17, 15) is 0 Å². The summed E-state index contributed by atoms with van der Waals surface area (Å²) in [5, 5.41) is 4.84. The number of hydrogen-bond acceptors (Lipinski definition) is 3. The number of rotatable bonds is 5. The lowest BCUT2D eigenvalue weighted by Gasteiger charge is -2.07. The van der Waals surface area contributed by atoms with E-state index in [4.69, 9.17) is 21.2 Å². The van der Waals surface area contributed by atoms with Gasteiger partial charge in [-0.1, -0.05) is 28.9 Å². The SMILES string of the molecule is CON=C(Cc1ccc(Cl)cc1)c1ccc(OC)cc1. The molecule has 0 heterocycles. The summed E-state index contributed by atoms with van der Waals surface area (Å²) in [4.78, 5) is 4.94. The molecule has 104 valence electrons. The molecule has 2 aromatic rings. The third kappa shape index (κ3) is 3.75. The number of methoxy groups -OCH3 is 1. The Balaban J connectivity index is 2.22. The van der Waals surface area contributed by atoms with Gasteiger partial charge < -0.3 is 9.57 Å². The van der Waals surface area contributed by atoms with Gasteiger partial charge in [-0.05, 0) is 47.5 Å². The van der Waals surface area contributed by atoms with Gasteiger partial charge in [0.15, 0.2) is 0 Å². The van der Waals surface area contributed by atoms with Crippen molar-refractivity contribution in [3.63, 3.8) is 0 Å². The predicted molar refractivity (Wildman–Crippen MR) is 81.7 cm³/mol. The van der Waals surface area contributed by atoms with E-state index < -0.39 is 0 Å². The molecular formula is C16H16ClNO2. The van der Waals surface area contributed by atoms with Gasteiger partial charge in [0.25, 0.3) is 0 Å². The molecule has 0 aliphatic rings. The van der Waals surface area contributed by atoms with Crippen LogP contribution in [0.5, 0.6) is 5.75 Å². The fraction of sp³-hybridized carbons (Fsp3) is 0.188. The van der Waals surface area contributed by atoms with Crippen molar-refractivity contribution in [3.8, 4) is 5.75 Å². The molecule has 0 unspecified atom stereocenters. The average molecular weight is 290 g/mol. The van der Waals surface area contributed by atoms with E-state index in [1.165, 1.54) is 0 Å². The van der Waals surface area contributed by atoms with Crippen LogP contribution in [0.3, 0.4) is 0 Å². The van der Waals surface area contributed by atoms with Gasteiger partial charge in [0.2, 0.25) is 0 Å². The molecule has 0 saturated carbocycles. The van der Waals surface area contributed by atoms with Gasteiger partial charge in [0.05, 0.1) is 12.8 Å². The van der Waals surface area contributed by atoms with Crippen molar-refractivity contribution < 1.29 is 9.57 Å². The quantitative estimate of drug-likeness (QED) is 0.616. The summed E-state index contributed by atoms with van der Waals surface area (Å²) in [5.41, 5.74) is 2.99. The van der Waals surface area contributed by atoms with Crippen LogP contribution in [0.25, 0.3) is 0 Å². The van der Waals surface area contributed by atoms with Crippen LogP contribution in [0.1, 0.15) is 11.1 Å². The van der Waals surface area contributed by atoms with E-state index in [0.29, 0.717) is 6.42 Å². The van der Waals surface area contributed by atoms with Crippen molar-refractivity contribution in [1.29, 1.82) is 0 Å². The lowest BCUT2D eigenvalue weighted by molar-refractivity contribution is 0.213. The average Bonchev–Trinajstić information content (AvgIpc) is 2.49. The summed E-state index contributed by atoms with van der Waals surface area (Å²) >= 11 is 5.89. The lowest BCUT2D eigenvalue weighted by Crippen LogP contribution is -2.06. The molecule has 0 aliphatic carbocycles. The number of nitrogens with zero attached hydrogens (tertiary/aromatic N) is 1. The Kier molecular flexibility index (Phi) is 5.02. The molecule has 0 radical (unpaired) electrons. The van der Waals surface area contributed by atoms with Gasteiger partial charge in [-0.2, -0.15) is 0 Å². The van der Waals surface area contributed by atoms with Crippen LogP contribution in [-0.2, 0) is 11.3 Å². The summed E-state index contributed by atoms with van der Waals surface area (Å²) in [5.74, 6) is 0.817. The molecule has 0 saturated heterocycles. The monoisotopic (exact) mass is 289 g/mol. The second-order valence-corrected chi connectivity index (χ2v) is 4.69. The zero-order valence-electron chi connectivity index (χ0n) is 11.5. The van der Waals surface area contributed by atoms with E-state index in [1.54, 1.807) is 14.2 Å². The van der Waals surface area contributed by atoms with Crippen molar-refractivity contribution in [2.45, 2.75) is 6.42 Å². The number of hydrogen-bond donors (Lipinski definition) is 0. The first kappa shape index (κ1) is 14.4. The molecule has 0 N–H and O–H groups in total. The highest BCUT2D eigenvalue weighted by molar-refractivity contribution is 6.30. The molecule has 3 nitrogen and oxygen atoms in total. The molecule has 0 aromatic heterocycles. The first-order valence-corrected chi connectivity index (χ1v) is 6.59. The second kappa shape index (κ2) is 6.96. The minimum absolute atomic E-state index is 0.678. The van der Waals surface area contributed by atoms with Crippen LogP contribution in [0.4, 0.5) is 0 Å². The summed E-state index contributed by atoms with van der Waals surface area (Å²) in [6.45, 7) is 0. The number of benzene rings is 2. The summed E-state index contributed by atoms with van der Waals surface area (Å²) in [6.07, 6.45) is 0.678. The van der Waals surface area contributed by atoms with Gasteiger partial charge >= 0.3 is 0 Å². The molecule has 4 heteroatoms. The molecular weight excluding hydrogens is 274 g/mol. The highest BCUT2D eigenvalue weighted by Gasteiger charge is 2.07. The zero-order chi connectivity index (χ0) is 14.4. The van der Waals surface area contributed by atoms with E-state index >= 15 is 0 Å². The summed E-state index contributed by atoms with van der Waals surface area (Å²) in [7, 11) is 3.19. The first-order chi connectivity index (χ1) is 9.72.